The van der Waals surface area contributed by atoms with E-state index in [1.807, 2.05) is 18.2 Å². The van der Waals surface area contributed by atoms with Crippen LogP contribution in [0.15, 0.2) is 29.6 Å². The van der Waals surface area contributed by atoms with Crippen LogP contribution in [0.2, 0.25) is 10.0 Å². The Morgan fingerprint density at radius 2 is 1.87 bits per heavy atom. The zero-order chi connectivity index (χ0) is 21.5. The molecular formula is C24H23Cl2N3S2. The van der Waals surface area contributed by atoms with E-state index in [-0.39, 0.29) is 0 Å². The lowest BCUT2D eigenvalue weighted by molar-refractivity contribution is 0.615. The maximum absolute atomic E-state index is 6.19. The summed E-state index contributed by atoms with van der Waals surface area (Å²) in [6.07, 6.45) is 7.50. The summed E-state index contributed by atoms with van der Waals surface area (Å²) in [5.41, 5.74) is 6.45. The number of nitrogens with zero attached hydrogens (tertiary/aromatic N) is 3. The zero-order valence-electron chi connectivity index (χ0n) is 17.5. The highest BCUT2D eigenvalue weighted by Crippen LogP contribution is 2.42. The molecule has 3 aromatic heterocycles. The predicted octanol–water partition coefficient (Wildman–Crippen LogP) is 7.92. The van der Waals surface area contributed by atoms with Crippen molar-refractivity contribution in [2.45, 2.75) is 56.7 Å². The van der Waals surface area contributed by atoms with Gasteiger partial charge in [-0.25, -0.2) is 15.0 Å². The van der Waals surface area contributed by atoms with E-state index in [1.54, 1.807) is 29.4 Å². The van der Waals surface area contributed by atoms with Crippen LogP contribution in [0, 0.1) is 5.92 Å². The first-order valence-electron chi connectivity index (χ1n) is 10.7. The van der Waals surface area contributed by atoms with Crippen molar-refractivity contribution in [3.63, 3.8) is 0 Å². The maximum Gasteiger partial charge on any atom is 0.126 e. The topological polar surface area (TPSA) is 38.7 Å². The molecule has 31 heavy (non-hydrogen) atoms. The first-order valence-corrected chi connectivity index (χ1v) is 13.2. The number of hydrogen-bond donors (Lipinski definition) is 0. The van der Waals surface area contributed by atoms with Crippen LogP contribution in [0.4, 0.5) is 0 Å². The molecule has 0 saturated carbocycles. The third-order valence-corrected chi connectivity index (χ3v) is 8.74. The van der Waals surface area contributed by atoms with Crippen molar-refractivity contribution in [1.29, 1.82) is 0 Å². The SMILES string of the molecule is CC(C)Cc1nc2sc3c(SCc4ccc(Cl)c(Cl)c4)ncnc3c2c2c1CCCC2. The van der Waals surface area contributed by atoms with Crippen LogP contribution in [0.1, 0.15) is 49.1 Å². The Bertz CT molecular complexity index is 1280. The van der Waals surface area contributed by atoms with Gasteiger partial charge in [0, 0.05) is 16.8 Å². The van der Waals surface area contributed by atoms with Crippen molar-refractivity contribution in [2.24, 2.45) is 5.92 Å². The Kier molecular flexibility index (Phi) is 6.13. The van der Waals surface area contributed by atoms with E-state index >= 15 is 0 Å². The largest absolute Gasteiger partial charge is 0.242 e. The Balaban J connectivity index is 1.59. The Labute approximate surface area is 200 Å². The van der Waals surface area contributed by atoms with Crippen LogP contribution in [0.5, 0.6) is 0 Å². The summed E-state index contributed by atoms with van der Waals surface area (Å²) in [5, 5.41) is 3.44. The molecule has 7 heteroatoms. The summed E-state index contributed by atoms with van der Waals surface area (Å²) in [4.78, 5) is 15.6. The van der Waals surface area contributed by atoms with Gasteiger partial charge >= 0.3 is 0 Å². The number of fused-ring (bicyclic) bond motifs is 5. The molecule has 1 aromatic carbocycles. The van der Waals surface area contributed by atoms with E-state index in [1.165, 1.54) is 35.0 Å². The van der Waals surface area contributed by atoms with Crippen LogP contribution in [0.3, 0.4) is 0 Å². The Morgan fingerprint density at radius 3 is 2.65 bits per heavy atom. The number of pyridine rings is 1. The molecule has 4 aromatic rings. The van der Waals surface area contributed by atoms with Crippen LogP contribution < -0.4 is 0 Å². The second-order valence-corrected chi connectivity index (χ2v) is 11.3. The van der Waals surface area contributed by atoms with Gasteiger partial charge in [0.1, 0.15) is 16.2 Å². The molecule has 3 heterocycles. The average Bonchev–Trinajstić information content (AvgIpc) is 3.13. The molecule has 0 unspecified atom stereocenters. The van der Waals surface area contributed by atoms with Gasteiger partial charge in [-0.3, -0.25) is 0 Å². The van der Waals surface area contributed by atoms with Gasteiger partial charge in [0.15, 0.2) is 0 Å². The second kappa shape index (κ2) is 8.86. The number of thioether (sulfide) groups is 1. The lowest BCUT2D eigenvalue weighted by Gasteiger charge is -2.20. The fraction of sp³-hybridized carbons (Fsp3) is 0.375. The summed E-state index contributed by atoms with van der Waals surface area (Å²) in [5.74, 6) is 1.38. The summed E-state index contributed by atoms with van der Waals surface area (Å²) in [7, 11) is 0. The van der Waals surface area contributed by atoms with Gasteiger partial charge in [-0.15, -0.1) is 23.1 Å². The van der Waals surface area contributed by atoms with Crippen molar-refractivity contribution in [2.75, 3.05) is 0 Å². The molecule has 0 saturated heterocycles. The van der Waals surface area contributed by atoms with Crippen LogP contribution in [-0.2, 0) is 25.0 Å². The van der Waals surface area contributed by atoms with Gasteiger partial charge in [-0.2, -0.15) is 0 Å². The minimum atomic E-state index is 0.581. The van der Waals surface area contributed by atoms with Crippen molar-refractivity contribution in [1.82, 2.24) is 15.0 Å². The zero-order valence-corrected chi connectivity index (χ0v) is 20.7. The first kappa shape index (κ1) is 21.4. The lowest BCUT2D eigenvalue weighted by atomic mass is 9.87. The normalized spacial score (nSPS) is 14.0. The summed E-state index contributed by atoms with van der Waals surface area (Å²) in [6, 6.07) is 5.79. The number of aryl methyl sites for hydroxylation is 1. The maximum atomic E-state index is 6.19. The molecule has 0 amide bonds. The number of rotatable bonds is 5. The number of benzene rings is 1. The van der Waals surface area contributed by atoms with Gasteiger partial charge in [-0.05, 0) is 66.8 Å². The number of halogens is 2. The second-order valence-electron chi connectivity index (χ2n) is 8.50. The molecule has 0 spiro atoms. The van der Waals surface area contributed by atoms with Crippen molar-refractivity contribution in [3.05, 3.63) is 57.0 Å². The minimum absolute atomic E-state index is 0.581. The number of aromatic nitrogens is 3. The van der Waals surface area contributed by atoms with Gasteiger partial charge in [-0.1, -0.05) is 43.1 Å². The molecule has 0 aliphatic heterocycles. The van der Waals surface area contributed by atoms with E-state index in [0.29, 0.717) is 16.0 Å². The van der Waals surface area contributed by atoms with E-state index in [4.69, 9.17) is 33.2 Å². The van der Waals surface area contributed by atoms with Gasteiger partial charge < -0.3 is 0 Å². The minimum Gasteiger partial charge on any atom is -0.242 e. The monoisotopic (exact) mass is 487 g/mol. The van der Waals surface area contributed by atoms with Gasteiger partial charge in [0.25, 0.3) is 0 Å². The van der Waals surface area contributed by atoms with Crippen molar-refractivity contribution >= 4 is 66.7 Å². The van der Waals surface area contributed by atoms with Crippen LogP contribution in [-0.4, -0.2) is 15.0 Å². The summed E-state index contributed by atoms with van der Waals surface area (Å²) < 4.78 is 1.14. The molecule has 0 bridgehead atoms. The molecule has 160 valence electrons. The van der Waals surface area contributed by atoms with Gasteiger partial charge in [0.05, 0.1) is 20.3 Å². The summed E-state index contributed by atoms with van der Waals surface area (Å²) >= 11 is 15.7. The van der Waals surface area contributed by atoms with Crippen molar-refractivity contribution < 1.29 is 0 Å². The molecule has 1 aliphatic rings. The molecule has 0 fully saturated rings. The Morgan fingerprint density at radius 1 is 1.06 bits per heavy atom. The Hall–Kier alpha value is -1.40. The molecular weight excluding hydrogens is 465 g/mol. The third-order valence-electron chi connectivity index (χ3n) is 5.74. The molecule has 0 N–H and O–H groups in total. The molecule has 5 rings (SSSR count). The highest BCUT2D eigenvalue weighted by Gasteiger charge is 2.23. The molecule has 0 radical (unpaired) electrons. The fourth-order valence-corrected chi connectivity index (χ4v) is 6.87. The molecule has 0 atom stereocenters. The molecule has 1 aliphatic carbocycles. The highest BCUT2D eigenvalue weighted by atomic mass is 35.5. The molecule has 3 nitrogen and oxygen atoms in total. The van der Waals surface area contributed by atoms with Crippen LogP contribution >= 0.6 is 46.3 Å². The van der Waals surface area contributed by atoms with E-state index < -0.39 is 0 Å². The number of thiophene rings is 1. The lowest BCUT2D eigenvalue weighted by Crippen LogP contribution is -2.11. The van der Waals surface area contributed by atoms with E-state index in [0.717, 1.165) is 50.7 Å². The first-order chi connectivity index (χ1) is 15.0. The van der Waals surface area contributed by atoms with E-state index in [2.05, 4.69) is 18.8 Å². The van der Waals surface area contributed by atoms with Crippen molar-refractivity contribution in [3.8, 4) is 0 Å². The highest BCUT2D eigenvalue weighted by molar-refractivity contribution is 7.98. The smallest absolute Gasteiger partial charge is 0.126 e. The predicted molar refractivity (Wildman–Crippen MR) is 134 cm³/mol. The number of hydrogen-bond acceptors (Lipinski definition) is 5. The van der Waals surface area contributed by atoms with Gasteiger partial charge in [0.2, 0.25) is 0 Å². The third kappa shape index (κ3) is 4.18. The van der Waals surface area contributed by atoms with Crippen LogP contribution in [0.25, 0.3) is 20.4 Å². The van der Waals surface area contributed by atoms with E-state index in [9.17, 15) is 0 Å². The fourth-order valence-electron chi connectivity index (χ4n) is 4.36. The standard InChI is InChI=1S/C24H23Cl2N3S2/c1-13(2)9-19-15-5-3-4-6-16(15)20-21-22(31-23(20)29-19)24(28-12-27-21)30-11-14-7-8-17(25)18(26)10-14/h7-8,10,12-13H,3-6,9,11H2,1-2H3. The average molecular weight is 489 g/mol. The summed E-state index contributed by atoms with van der Waals surface area (Å²) in [6.45, 7) is 4.55. The quantitative estimate of drug-likeness (QED) is 0.211.